The van der Waals surface area contributed by atoms with Gasteiger partial charge in [0, 0.05) is 44.5 Å². The maximum atomic E-state index is 12.8. The Kier molecular flexibility index (Phi) is 5.14. The third-order valence-corrected chi connectivity index (χ3v) is 3.97. The summed E-state index contributed by atoms with van der Waals surface area (Å²) in [5.74, 6) is 0.403. The summed E-state index contributed by atoms with van der Waals surface area (Å²) in [4.78, 5) is 20.6. The lowest BCUT2D eigenvalue weighted by atomic mass is 10.2. The fourth-order valence-electron chi connectivity index (χ4n) is 2.78. The smallest absolute Gasteiger partial charge is 0.254 e. The molecule has 3 heterocycles. The van der Waals surface area contributed by atoms with Gasteiger partial charge in [-0.25, -0.2) is 4.98 Å². The standard InChI is InChI=1S/C15H20N6O3/c22-6-5-19-3-4-20(9-13(23)8-19)15(24)12-1-2-16-14(7-12)21-10-17-18-11-21/h1-2,7,10-11,13,22-23H,3-6,8-9H2/t13-/m0/s1. The van der Waals surface area contributed by atoms with Crippen LogP contribution in [0.2, 0.25) is 0 Å². The van der Waals surface area contributed by atoms with Crippen LogP contribution in [0.4, 0.5) is 0 Å². The summed E-state index contributed by atoms with van der Waals surface area (Å²) >= 11 is 0. The largest absolute Gasteiger partial charge is 0.395 e. The van der Waals surface area contributed by atoms with E-state index in [4.69, 9.17) is 5.11 Å². The Morgan fingerprint density at radius 3 is 2.79 bits per heavy atom. The molecule has 3 rings (SSSR count). The summed E-state index contributed by atoms with van der Waals surface area (Å²) in [5.41, 5.74) is 0.497. The number of β-amino-alcohol motifs (C(OH)–C–C–N with tert-alkyl or cyclic N) is 2. The van der Waals surface area contributed by atoms with Crippen LogP contribution in [-0.4, -0.2) is 91.1 Å². The van der Waals surface area contributed by atoms with E-state index in [-0.39, 0.29) is 19.1 Å². The summed E-state index contributed by atoms with van der Waals surface area (Å²) < 4.78 is 1.62. The maximum Gasteiger partial charge on any atom is 0.254 e. The zero-order valence-corrected chi connectivity index (χ0v) is 13.2. The highest BCUT2D eigenvalue weighted by atomic mass is 16.3. The van der Waals surface area contributed by atoms with E-state index in [1.165, 1.54) is 12.7 Å². The number of carbonyl (C=O) groups is 1. The van der Waals surface area contributed by atoms with E-state index in [9.17, 15) is 9.90 Å². The molecule has 2 aromatic rings. The molecule has 1 aliphatic rings. The third-order valence-electron chi connectivity index (χ3n) is 3.97. The van der Waals surface area contributed by atoms with Crippen LogP contribution in [0.15, 0.2) is 31.0 Å². The van der Waals surface area contributed by atoms with Crippen molar-refractivity contribution in [2.24, 2.45) is 0 Å². The third kappa shape index (κ3) is 3.75. The lowest BCUT2D eigenvalue weighted by Crippen LogP contribution is -2.37. The van der Waals surface area contributed by atoms with Crippen LogP contribution < -0.4 is 0 Å². The molecule has 2 aromatic heterocycles. The van der Waals surface area contributed by atoms with E-state index in [1.807, 2.05) is 4.90 Å². The molecule has 0 radical (unpaired) electrons. The average Bonchev–Trinajstić information content (AvgIpc) is 3.06. The zero-order valence-electron chi connectivity index (χ0n) is 13.2. The molecular weight excluding hydrogens is 312 g/mol. The minimum absolute atomic E-state index is 0.0350. The number of pyridine rings is 1. The monoisotopic (exact) mass is 332 g/mol. The molecule has 24 heavy (non-hydrogen) atoms. The molecule has 1 aliphatic heterocycles. The summed E-state index contributed by atoms with van der Waals surface area (Å²) in [6.07, 6.45) is 3.95. The molecule has 0 saturated carbocycles. The molecule has 0 spiro atoms. The van der Waals surface area contributed by atoms with Crippen molar-refractivity contribution in [1.82, 2.24) is 29.5 Å². The van der Waals surface area contributed by atoms with Gasteiger partial charge in [-0.15, -0.1) is 10.2 Å². The Morgan fingerprint density at radius 1 is 1.25 bits per heavy atom. The average molecular weight is 332 g/mol. The first-order valence-electron chi connectivity index (χ1n) is 7.79. The van der Waals surface area contributed by atoms with Crippen molar-refractivity contribution < 1.29 is 15.0 Å². The number of hydrogen-bond acceptors (Lipinski definition) is 7. The molecule has 9 nitrogen and oxygen atoms in total. The number of rotatable bonds is 4. The first-order valence-corrected chi connectivity index (χ1v) is 7.79. The molecule has 1 saturated heterocycles. The Hall–Kier alpha value is -2.36. The Labute approximate surface area is 139 Å². The van der Waals surface area contributed by atoms with Crippen molar-refractivity contribution in [2.45, 2.75) is 6.10 Å². The van der Waals surface area contributed by atoms with Gasteiger partial charge in [-0.3, -0.25) is 14.3 Å². The minimum Gasteiger partial charge on any atom is -0.395 e. The summed E-state index contributed by atoms with van der Waals surface area (Å²) in [5, 5.41) is 26.6. The van der Waals surface area contributed by atoms with Gasteiger partial charge in [-0.1, -0.05) is 0 Å². The van der Waals surface area contributed by atoms with Crippen molar-refractivity contribution in [3.8, 4) is 5.82 Å². The number of aliphatic hydroxyl groups excluding tert-OH is 2. The number of aromatic nitrogens is 4. The van der Waals surface area contributed by atoms with Crippen LogP contribution in [-0.2, 0) is 0 Å². The summed E-state index contributed by atoms with van der Waals surface area (Å²) in [6.45, 7) is 2.37. The van der Waals surface area contributed by atoms with E-state index >= 15 is 0 Å². The van der Waals surface area contributed by atoms with Gasteiger partial charge in [0.25, 0.3) is 5.91 Å². The van der Waals surface area contributed by atoms with Crippen molar-refractivity contribution in [1.29, 1.82) is 0 Å². The number of carbonyl (C=O) groups excluding carboxylic acids is 1. The van der Waals surface area contributed by atoms with Gasteiger partial charge in [-0.2, -0.15) is 0 Å². The molecule has 0 unspecified atom stereocenters. The fraction of sp³-hybridized carbons (Fsp3) is 0.467. The van der Waals surface area contributed by atoms with Crippen LogP contribution in [0.3, 0.4) is 0 Å². The minimum atomic E-state index is -0.637. The lowest BCUT2D eigenvalue weighted by molar-refractivity contribution is 0.0661. The first kappa shape index (κ1) is 16.5. The van der Waals surface area contributed by atoms with Gasteiger partial charge in [-0.05, 0) is 12.1 Å². The van der Waals surface area contributed by atoms with Gasteiger partial charge < -0.3 is 15.1 Å². The highest BCUT2D eigenvalue weighted by Gasteiger charge is 2.25. The van der Waals surface area contributed by atoms with Crippen molar-refractivity contribution >= 4 is 5.91 Å². The first-order chi connectivity index (χ1) is 11.7. The number of hydrogen-bond donors (Lipinski definition) is 2. The fourth-order valence-corrected chi connectivity index (χ4v) is 2.78. The highest BCUT2D eigenvalue weighted by Crippen LogP contribution is 2.12. The van der Waals surface area contributed by atoms with E-state index in [1.54, 1.807) is 27.8 Å². The molecule has 9 heteroatoms. The molecule has 1 fully saturated rings. The predicted molar refractivity (Wildman–Crippen MR) is 84.6 cm³/mol. The second-order valence-corrected chi connectivity index (χ2v) is 5.70. The molecule has 0 bridgehead atoms. The van der Waals surface area contributed by atoms with Crippen molar-refractivity contribution in [3.63, 3.8) is 0 Å². The summed E-state index contributed by atoms with van der Waals surface area (Å²) in [6, 6.07) is 3.33. The van der Waals surface area contributed by atoms with Gasteiger partial charge >= 0.3 is 0 Å². The van der Waals surface area contributed by atoms with E-state index < -0.39 is 6.10 Å². The SMILES string of the molecule is O=C(c1ccnc(-n2cnnc2)c1)N1CCN(CCO)C[C@H](O)C1. The van der Waals surface area contributed by atoms with E-state index in [0.717, 1.165) is 0 Å². The molecule has 0 aromatic carbocycles. The predicted octanol–water partition coefficient (Wildman–Crippen LogP) is -1.23. The van der Waals surface area contributed by atoms with E-state index in [2.05, 4.69) is 15.2 Å². The molecular formula is C15H20N6O3. The van der Waals surface area contributed by atoms with Crippen LogP contribution in [0.5, 0.6) is 0 Å². The van der Waals surface area contributed by atoms with Gasteiger partial charge in [0.15, 0.2) is 0 Å². The van der Waals surface area contributed by atoms with Gasteiger partial charge in [0.2, 0.25) is 0 Å². The summed E-state index contributed by atoms with van der Waals surface area (Å²) in [7, 11) is 0. The second-order valence-electron chi connectivity index (χ2n) is 5.70. The highest BCUT2D eigenvalue weighted by molar-refractivity contribution is 5.94. The second kappa shape index (κ2) is 7.47. The number of amides is 1. The molecule has 1 amide bonds. The van der Waals surface area contributed by atoms with Crippen LogP contribution in [0.1, 0.15) is 10.4 Å². The van der Waals surface area contributed by atoms with Crippen LogP contribution >= 0.6 is 0 Å². The molecule has 2 N–H and O–H groups in total. The molecule has 1 atom stereocenters. The zero-order chi connectivity index (χ0) is 16.9. The van der Waals surface area contributed by atoms with Crippen molar-refractivity contribution in [3.05, 3.63) is 36.5 Å². The van der Waals surface area contributed by atoms with Gasteiger partial charge in [0.1, 0.15) is 18.5 Å². The lowest BCUT2D eigenvalue weighted by Gasteiger charge is -2.22. The topological polar surface area (TPSA) is 108 Å². The Bertz CT molecular complexity index is 678. The Morgan fingerprint density at radius 2 is 2.04 bits per heavy atom. The van der Waals surface area contributed by atoms with Crippen molar-refractivity contribution in [2.75, 3.05) is 39.3 Å². The number of nitrogens with zero attached hydrogens (tertiary/aromatic N) is 6. The maximum absolute atomic E-state index is 12.8. The van der Waals surface area contributed by atoms with E-state index in [0.29, 0.717) is 37.6 Å². The van der Waals surface area contributed by atoms with Crippen LogP contribution in [0, 0.1) is 0 Å². The molecule has 128 valence electrons. The van der Waals surface area contributed by atoms with Crippen LogP contribution in [0.25, 0.3) is 5.82 Å². The normalized spacial score (nSPS) is 19.2. The Balaban J connectivity index is 1.75. The quantitative estimate of drug-likeness (QED) is 0.722. The number of aliphatic hydroxyl groups is 2. The molecule has 0 aliphatic carbocycles. The van der Waals surface area contributed by atoms with Gasteiger partial charge in [0.05, 0.1) is 12.7 Å².